The highest BCUT2D eigenvalue weighted by Crippen LogP contribution is 2.32. The molecular weight excluding hydrogens is 290 g/mol. The number of aliphatic carboxylic acids is 1. The van der Waals surface area contributed by atoms with Gasteiger partial charge in [0.2, 0.25) is 0 Å². The van der Waals surface area contributed by atoms with E-state index in [1.807, 2.05) is 17.5 Å². The molecule has 1 unspecified atom stereocenters. The summed E-state index contributed by atoms with van der Waals surface area (Å²) in [5.74, 6) is 0.346. The topological polar surface area (TPSA) is 67.8 Å². The molecule has 3 rings (SSSR count). The maximum Gasteiger partial charge on any atom is 0.325 e. The molecule has 2 aromatic rings. The van der Waals surface area contributed by atoms with Crippen LogP contribution in [0.5, 0.6) is 11.5 Å². The van der Waals surface area contributed by atoms with Crippen LogP contribution in [0.15, 0.2) is 35.7 Å². The van der Waals surface area contributed by atoms with Gasteiger partial charge < -0.3 is 14.6 Å². The Balaban J connectivity index is 1.78. The number of benzene rings is 1. The second kappa shape index (κ2) is 6.15. The molecule has 0 amide bonds. The third-order valence-electron chi connectivity index (χ3n) is 3.21. The van der Waals surface area contributed by atoms with Crippen molar-refractivity contribution in [3.63, 3.8) is 0 Å². The largest absolute Gasteiger partial charge is 0.486 e. The zero-order chi connectivity index (χ0) is 14.7. The Kier molecular flexibility index (Phi) is 4.08. The minimum Gasteiger partial charge on any atom is -0.486 e. The SMILES string of the molecule is O=C(O)C(NCc1cccs1)c1ccc2c(c1)OCCO2. The Morgan fingerprint density at radius 3 is 2.81 bits per heavy atom. The van der Waals surface area contributed by atoms with Crippen LogP contribution in [0.4, 0.5) is 0 Å². The van der Waals surface area contributed by atoms with Crippen LogP contribution in [-0.4, -0.2) is 24.3 Å². The Bertz CT molecular complexity index is 627. The van der Waals surface area contributed by atoms with Crippen molar-refractivity contribution in [1.82, 2.24) is 5.32 Å². The summed E-state index contributed by atoms with van der Waals surface area (Å²) in [4.78, 5) is 12.6. The summed E-state index contributed by atoms with van der Waals surface area (Å²) in [5.41, 5.74) is 0.656. The summed E-state index contributed by atoms with van der Waals surface area (Å²) in [6.07, 6.45) is 0. The summed E-state index contributed by atoms with van der Waals surface area (Å²) < 4.78 is 10.9. The minimum absolute atomic E-state index is 0.483. The van der Waals surface area contributed by atoms with E-state index in [2.05, 4.69) is 5.32 Å². The molecular formula is C15H15NO4S. The number of carboxylic acid groups (broad SMARTS) is 1. The molecule has 6 heteroatoms. The highest BCUT2D eigenvalue weighted by molar-refractivity contribution is 7.09. The van der Waals surface area contributed by atoms with Gasteiger partial charge in [0.05, 0.1) is 0 Å². The first-order valence-corrected chi connectivity index (χ1v) is 7.50. The van der Waals surface area contributed by atoms with Gasteiger partial charge in [0.15, 0.2) is 11.5 Å². The summed E-state index contributed by atoms with van der Waals surface area (Å²) in [6, 6.07) is 8.39. The molecule has 2 N–H and O–H groups in total. The van der Waals surface area contributed by atoms with Gasteiger partial charge in [-0.2, -0.15) is 0 Å². The van der Waals surface area contributed by atoms with E-state index in [0.717, 1.165) is 4.88 Å². The van der Waals surface area contributed by atoms with Gasteiger partial charge in [-0.05, 0) is 29.1 Å². The fourth-order valence-electron chi connectivity index (χ4n) is 2.20. The van der Waals surface area contributed by atoms with Gasteiger partial charge in [0.25, 0.3) is 0 Å². The molecule has 0 fully saturated rings. The van der Waals surface area contributed by atoms with E-state index in [1.54, 1.807) is 29.5 Å². The molecule has 0 saturated heterocycles. The van der Waals surface area contributed by atoms with Crippen LogP contribution in [0.25, 0.3) is 0 Å². The van der Waals surface area contributed by atoms with E-state index >= 15 is 0 Å². The molecule has 1 atom stereocenters. The van der Waals surface area contributed by atoms with Gasteiger partial charge in [-0.1, -0.05) is 12.1 Å². The zero-order valence-electron chi connectivity index (χ0n) is 11.2. The molecule has 1 aliphatic heterocycles. The van der Waals surface area contributed by atoms with E-state index in [-0.39, 0.29) is 0 Å². The number of ether oxygens (including phenoxy) is 2. The van der Waals surface area contributed by atoms with Gasteiger partial charge in [-0.15, -0.1) is 11.3 Å². The van der Waals surface area contributed by atoms with Crippen molar-refractivity contribution >= 4 is 17.3 Å². The van der Waals surface area contributed by atoms with Crippen LogP contribution < -0.4 is 14.8 Å². The standard InChI is InChI=1S/C15H15NO4S/c17-15(18)14(16-9-11-2-1-7-21-11)10-3-4-12-13(8-10)20-6-5-19-12/h1-4,7-8,14,16H,5-6,9H2,(H,17,18). The second-order valence-corrected chi connectivity index (χ2v) is 5.67. The molecule has 0 spiro atoms. The quantitative estimate of drug-likeness (QED) is 0.888. The van der Waals surface area contributed by atoms with Crippen molar-refractivity contribution in [2.75, 3.05) is 13.2 Å². The lowest BCUT2D eigenvalue weighted by atomic mass is 10.1. The Hall–Kier alpha value is -2.05. The summed E-state index contributed by atoms with van der Waals surface area (Å²) in [6.45, 7) is 1.52. The molecule has 0 radical (unpaired) electrons. The third-order valence-corrected chi connectivity index (χ3v) is 4.08. The summed E-state index contributed by atoms with van der Waals surface area (Å²) in [7, 11) is 0. The van der Waals surface area contributed by atoms with E-state index in [9.17, 15) is 9.90 Å². The van der Waals surface area contributed by atoms with Crippen LogP contribution in [-0.2, 0) is 11.3 Å². The first kappa shape index (κ1) is 13.9. The number of hydrogen-bond donors (Lipinski definition) is 2. The first-order valence-electron chi connectivity index (χ1n) is 6.62. The predicted molar refractivity (Wildman–Crippen MR) is 79.0 cm³/mol. The lowest BCUT2D eigenvalue weighted by Gasteiger charge is -2.21. The number of hydrogen-bond acceptors (Lipinski definition) is 5. The molecule has 0 bridgehead atoms. The molecule has 1 aromatic carbocycles. The molecule has 2 heterocycles. The first-order chi connectivity index (χ1) is 10.2. The molecule has 5 nitrogen and oxygen atoms in total. The lowest BCUT2D eigenvalue weighted by Crippen LogP contribution is -2.28. The van der Waals surface area contributed by atoms with Crippen LogP contribution in [0.2, 0.25) is 0 Å². The molecule has 110 valence electrons. The summed E-state index contributed by atoms with van der Waals surface area (Å²) >= 11 is 1.59. The van der Waals surface area contributed by atoms with Crippen molar-refractivity contribution in [2.45, 2.75) is 12.6 Å². The van der Waals surface area contributed by atoms with Gasteiger partial charge >= 0.3 is 5.97 Å². The fraction of sp³-hybridized carbons (Fsp3) is 0.267. The fourth-order valence-corrected chi connectivity index (χ4v) is 2.86. The van der Waals surface area contributed by atoms with Gasteiger partial charge in [0.1, 0.15) is 19.3 Å². The molecule has 21 heavy (non-hydrogen) atoms. The lowest BCUT2D eigenvalue weighted by molar-refractivity contribution is -0.139. The molecule has 1 aliphatic rings. The average molecular weight is 305 g/mol. The molecule has 1 aromatic heterocycles. The van der Waals surface area contributed by atoms with Crippen molar-refractivity contribution in [3.05, 3.63) is 46.2 Å². The average Bonchev–Trinajstić information content (AvgIpc) is 3.00. The summed E-state index contributed by atoms with van der Waals surface area (Å²) in [5, 5.41) is 14.5. The third kappa shape index (κ3) is 3.17. The van der Waals surface area contributed by atoms with Crippen LogP contribution in [0, 0.1) is 0 Å². The predicted octanol–water partition coefficient (Wildman–Crippen LogP) is 2.43. The number of carboxylic acids is 1. The van der Waals surface area contributed by atoms with Crippen LogP contribution >= 0.6 is 11.3 Å². The molecule has 0 saturated carbocycles. The monoisotopic (exact) mass is 305 g/mol. The highest BCUT2D eigenvalue weighted by Gasteiger charge is 2.22. The number of nitrogens with one attached hydrogen (secondary N) is 1. The van der Waals surface area contributed by atoms with Crippen molar-refractivity contribution < 1.29 is 19.4 Å². The van der Waals surface area contributed by atoms with E-state index in [4.69, 9.17) is 9.47 Å². The van der Waals surface area contributed by atoms with Crippen molar-refractivity contribution in [3.8, 4) is 11.5 Å². The second-order valence-electron chi connectivity index (χ2n) is 4.63. The Labute approximate surface area is 126 Å². The smallest absolute Gasteiger partial charge is 0.325 e. The normalized spacial score (nSPS) is 14.7. The van der Waals surface area contributed by atoms with Crippen LogP contribution in [0.3, 0.4) is 0 Å². The zero-order valence-corrected chi connectivity index (χ0v) is 12.1. The van der Waals surface area contributed by atoms with Gasteiger partial charge in [-0.3, -0.25) is 10.1 Å². The number of thiophene rings is 1. The van der Waals surface area contributed by atoms with Crippen molar-refractivity contribution in [2.24, 2.45) is 0 Å². The maximum absolute atomic E-state index is 11.5. The van der Waals surface area contributed by atoms with Gasteiger partial charge in [0, 0.05) is 11.4 Å². The highest BCUT2D eigenvalue weighted by atomic mass is 32.1. The number of carbonyl (C=O) groups is 1. The van der Waals surface area contributed by atoms with E-state index in [1.165, 1.54) is 0 Å². The van der Waals surface area contributed by atoms with E-state index in [0.29, 0.717) is 36.8 Å². The van der Waals surface area contributed by atoms with E-state index < -0.39 is 12.0 Å². The maximum atomic E-state index is 11.5. The van der Waals surface area contributed by atoms with Crippen molar-refractivity contribution in [1.29, 1.82) is 0 Å². The minimum atomic E-state index is -0.914. The van der Waals surface area contributed by atoms with Crippen LogP contribution in [0.1, 0.15) is 16.5 Å². The molecule has 0 aliphatic carbocycles. The number of rotatable bonds is 5. The Morgan fingerprint density at radius 2 is 2.10 bits per heavy atom. The van der Waals surface area contributed by atoms with Gasteiger partial charge in [-0.25, -0.2) is 0 Å². The number of fused-ring (bicyclic) bond motifs is 1. The Morgan fingerprint density at radius 1 is 1.29 bits per heavy atom.